The molecule has 25 heavy (non-hydrogen) atoms. The van der Waals surface area contributed by atoms with Gasteiger partial charge in [-0.25, -0.2) is 0 Å². The van der Waals surface area contributed by atoms with Crippen molar-refractivity contribution in [3.63, 3.8) is 0 Å². The highest BCUT2D eigenvalue weighted by atomic mass is 16.5. The van der Waals surface area contributed by atoms with Gasteiger partial charge in [-0.15, -0.1) is 0 Å². The van der Waals surface area contributed by atoms with E-state index in [1.807, 2.05) is 24.0 Å². The summed E-state index contributed by atoms with van der Waals surface area (Å²) in [5.74, 6) is -0.416. The van der Waals surface area contributed by atoms with Gasteiger partial charge in [0.1, 0.15) is 6.04 Å². The summed E-state index contributed by atoms with van der Waals surface area (Å²) in [5, 5.41) is 4.29. The largest absolute Gasteiger partial charge is 0.374 e. The minimum Gasteiger partial charge on any atom is -0.374 e. The monoisotopic (exact) mass is 349 g/mol. The number of primary amides is 1. The SMILES string of the molecule is Cc1cnn(C[C@@H]2CN(CC(=O)N3CCCC[C@@H]3C(N)=O)CCO2)c1. The van der Waals surface area contributed by atoms with E-state index in [4.69, 9.17) is 10.5 Å². The predicted molar refractivity (Wildman–Crippen MR) is 91.7 cm³/mol. The molecule has 0 saturated carbocycles. The second-order valence-electron chi connectivity index (χ2n) is 6.97. The summed E-state index contributed by atoms with van der Waals surface area (Å²) in [7, 11) is 0. The molecule has 0 unspecified atom stereocenters. The average molecular weight is 349 g/mol. The van der Waals surface area contributed by atoms with Crippen LogP contribution in [0.3, 0.4) is 0 Å². The van der Waals surface area contributed by atoms with Crippen LogP contribution >= 0.6 is 0 Å². The molecule has 3 heterocycles. The molecule has 8 nitrogen and oxygen atoms in total. The van der Waals surface area contributed by atoms with E-state index in [2.05, 4.69) is 10.00 Å². The summed E-state index contributed by atoms with van der Waals surface area (Å²) in [6.07, 6.45) is 6.36. The van der Waals surface area contributed by atoms with E-state index in [1.54, 1.807) is 4.90 Å². The number of hydrogen-bond donors (Lipinski definition) is 1. The van der Waals surface area contributed by atoms with Crippen molar-refractivity contribution in [2.75, 3.05) is 32.8 Å². The number of aryl methyl sites for hydroxylation is 1. The number of aromatic nitrogens is 2. The molecule has 2 aliphatic heterocycles. The van der Waals surface area contributed by atoms with Gasteiger partial charge in [-0.3, -0.25) is 19.2 Å². The average Bonchev–Trinajstić information content (AvgIpc) is 3.00. The van der Waals surface area contributed by atoms with Gasteiger partial charge in [0.15, 0.2) is 0 Å². The summed E-state index contributed by atoms with van der Waals surface area (Å²) >= 11 is 0. The number of rotatable bonds is 5. The Kier molecular flexibility index (Phi) is 5.70. The number of piperidine rings is 1. The number of nitrogens with zero attached hydrogens (tertiary/aromatic N) is 4. The fourth-order valence-electron chi connectivity index (χ4n) is 3.62. The lowest BCUT2D eigenvalue weighted by Gasteiger charge is -2.37. The molecule has 3 rings (SSSR count). The van der Waals surface area contributed by atoms with Crippen LogP contribution in [0.15, 0.2) is 12.4 Å². The van der Waals surface area contributed by atoms with Crippen LogP contribution < -0.4 is 5.73 Å². The van der Waals surface area contributed by atoms with Crippen LogP contribution in [-0.4, -0.2) is 76.3 Å². The van der Waals surface area contributed by atoms with Gasteiger partial charge in [-0.05, 0) is 31.7 Å². The van der Waals surface area contributed by atoms with Crippen molar-refractivity contribution >= 4 is 11.8 Å². The van der Waals surface area contributed by atoms with Gasteiger partial charge < -0.3 is 15.4 Å². The van der Waals surface area contributed by atoms with Crippen molar-refractivity contribution in [3.05, 3.63) is 18.0 Å². The van der Waals surface area contributed by atoms with Crippen LogP contribution in [0.5, 0.6) is 0 Å². The molecule has 8 heteroatoms. The number of carbonyl (C=O) groups excluding carboxylic acids is 2. The summed E-state index contributed by atoms with van der Waals surface area (Å²) in [6, 6.07) is -0.454. The molecule has 0 aromatic carbocycles. The number of likely N-dealkylation sites (tertiary alicyclic amines) is 1. The van der Waals surface area contributed by atoms with Crippen LogP contribution in [0, 0.1) is 6.92 Å². The predicted octanol–water partition coefficient (Wildman–Crippen LogP) is -0.241. The van der Waals surface area contributed by atoms with E-state index in [-0.39, 0.29) is 12.0 Å². The first kappa shape index (κ1) is 17.9. The first-order chi connectivity index (χ1) is 12.0. The molecule has 1 aromatic rings. The van der Waals surface area contributed by atoms with Crippen LogP contribution in [0.4, 0.5) is 0 Å². The summed E-state index contributed by atoms with van der Waals surface area (Å²) in [4.78, 5) is 28.0. The summed E-state index contributed by atoms with van der Waals surface area (Å²) in [5.41, 5.74) is 6.58. The minimum absolute atomic E-state index is 0.00847. The lowest BCUT2D eigenvalue weighted by molar-refractivity contribution is -0.143. The molecule has 0 bridgehead atoms. The first-order valence-corrected chi connectivity index (χ1v) is 8.94. The van der Waals surface area contributed by atoms with E-state index in [9.17, 15) is 9.59 Å². The highest BCUT2D eigenvalue weighted by molar-refractivity contribution is 5.87. The Morgan fingerprint density at radius 3 is 2.92 bits per heavy atom. The number of amides is 2. The Morgan fingerprint density at radius 1 is 1.36 bits per heavy atom. The number of hydrogen-bond acceptors (Lipinski definition) is 5. The molecule has 0 radical (unpaired) electrons. The third kappa shape index (κ3) is 4.58. The molecule has 2 N–H and O–H groups in total. The smallest absolute Gasteiger partial charge is 0.240 e. The van der Waals surface area contributed by atoms with E-state index < -0.39 is 11.9 Å². The lowest BCUT2D eigenvalue weighted by atomic mass is 10.0. The van der Waals surface area contributed by atoms with E-state index in [0.29, 0.717) is 39.2 Å². The second kappa shape index (κ2) is 7.97. The van der Waals surface area contributed by atoms with Crippen LogP contribution in [-0.2, 0) is 20.9 Å². The first-order valence-electron chi connectivity index (χ1n) is 8.94. The molecule has 2 saturated heterocycles. The number of carbonyl (C=O) groups is 2. The van der Waals surface area contributed by atoms with Crippen molar-refractivity contribution in [2.24, 2.45) is 5.73 Å². The maximum absolute atomic E-state index is 12.7. The van der Waals surface area contributed by atoms with Gasteiger partial charge in [-0.1, -0.05) is 0 Å². The number of nitrogens with two attached hydrogens (primary N) is 1. The van der Waals surface area contributed by atoms with Gasteiger partial charge in [-0.2, -0.15) is 5.10 Å². The Labute approximate surface area is 147 Å². The zero-order valence-corrected chi connectivity index (χ0v) is 14.8. The molecule has 2 amide bonds. The Hall–Kier alpha value is -1.93. The number of morpholine rings is 1. The van der Waals surface area contributed by atoms with Gasteiger partial charge in [0, 0.05) is 25.8 Å². The molecule has 0 aliphatic carbocycles. The Bertz CT molecular complexity index is 617. The third-order valence-electron chi connectivity index (χ3n) is 4.89. The fraction of sp³-hybridized carbons (Fsp3) is 0.706. The zero-order chi connectivity index (χ0) is 17.8. The maximum atomic E-state index is 12.7. The maximum Gasteiger partial charge on any atom is 0.240 e. The van der Waals surface area contributed by atoms with Gasteiger partial charge in [0.25, 0.3) is 0 Å². The molecule has 1 aromatic heterocycles. The Balaban J connectivity index is 1.54. The minimum atomic E-state index is -0.454. The van der Waals surface area contributed by atoms with Gasteiger partial charge in [0.05, 0.1) is 32.0 Å². The fourth-order valence-corrected chi connectivity index (χ4v) is 3.62. The van der Waals surface area contributed by atoms with Crippen LogP contribution in [0.2, 0.25) is 0 Å². The van der Waals surface area contributed by atoms with Crippen molar-refractivity contribution in [3.8, 4) is 0 Å². The van der Waals surface area contributed by atoms with Crippen LogP contribution in [0.1, 0.15) is 24.8 Å². The van der Waals surface area contributed by atoms with Crippen LogP contribution in [0.25, 0.3) is 0 Å². The Morgan fingerprint density at radius 2 is 2.20 bits per heavy atom. The van der Waals surface area contributed by atoms with E-state index in [1.165, 1.54) is 0 Å². The van der Waals surface area contributed by atoms with Crippen molar-refractivity contribution < 1.29 is 14.3 Å². The zero-order valence-electron chi connectivity index (χ0n) is 14.8. The molecule has 2 aliphatic rings. The second-order valence-corrected chi connectivity index (χ2v) is 6.97. The standard InChI is InChI=1S/C17H27N5O3/c1-13-8-19-21(9-13)11-14-10-20(6-7-25-14)12-16(23)22-5-3-2-4-15(22)17(18)24/h8-9,14-15H,2-7,10-12H2,1H3,(H2,18,24)/t14-,15+/m0/s1. The topological polar surface area (TPSA) is 93.7 Å². The summed E-state index contributed by atoms with van der Waals surface area (Å²) in [6.45, 7) is 5.59. The van der Waals surface area contributed by atoms with Crippen molar-refractivity contribution in [2.45, 2.75) is 44.9 Å². The quantitative estimate of drug-likeness (QED) is 0.792. The third-order valence-corrected chi connectivity index (χ3v) is 4.89. The van der Waals surface area contributed by atoms with Crippen molar-refractivity contribution in [1.82, 2.24) is 19.6 Å². The molecule has 2 atom stereocenters. The highest BCUT2D eigenvalue weighted by Crippen LogP contribution is 2.18. The normalized spacial score (nSPS) is 25.1. The summed E-state index contributed by atoms with van der Waals surface area (Å²) < 4.78 is 7.68. The number of ether oxygens (including phenoxy) is 1. The van der Waals surface area contributed by atoms with E-state index >= 15 is 0 Å². The molecule has 138 valence electrons. The highest BCUT2D eigenvalue weighted by Gasteiger charge is 2.32. The van der Waals surface area contributed by atoms with Crippen molar-refractivity contribution in [1.29, 1.82) is 0 Å². The van der Waals surface area contributed by atoms with E-state index in [0.717, 1.165) is 24.9 Å². The lowest BCUT2D eigenvalue weighted by Crippen LogP contribution is -2.55. The molecule has 0 spiro atoms. The van der Waals surface area contributed by atoms with Gasteiger partial charge >= 0.3 is 0 Å². The van der Waals surface area contributed by atoms with Gasteiger partial charge in [0.2, 0.25) is 11.8 Å². The molecular formula is C17H27N5O3. The molecule has 2 fully saturated rings. The molecular weight excluding hydrogens is 322 g/mol.